The zero-order valence-electron chi connectivity index (χ0n) is 14.9. The molecule has 0 aliphatic carbocycles. The lowest BCUT2D eigenvalue weighted by Gasteiger charge is -2.16. The fourth-order valence-corrected chi connectivity index (χ4v) is 3.51. The maximum Gasteiger partial charge on any atom is 0.261 e. The number of amides is 1. The molecule has 1 aromatic heterocycles. The highest BCUT2D eigenvalue weighted by Gasteiger charge is 2.15. The molecule has 0 saturated carbocycles. The molecular formula is C21H21N3O3. The van der Waals surface area contributed by atoms with Crippen LogP contribution in [-0.4, -0.2) is 20.6 Å². The maximum absolute atomic E-state index is 12.8. The molecular weight excluding hydrogens is 342 g/mol. The number of phenols is 1. The van der Waals surface area contributed by atoms with Gasteiger partial charge in [-0.25, -0.2) is 4.98 Å². The second kappa shape index (κ2) is 7.23. The first-order valence-electron chi connectivity index (χ1n) is 9.26. The summed E-state index contributed by atoms with van der Waals surface area (Å²) < 4.78 is 1.78. The van der Waals surface area contributed by atoms with Gasteiger partial charge in [-0.1, -0.05) is 25.0 Å². The number of para-hydroxylation sites is 2. The Bertz CT molecular complexity index is 1070. The summed E-state index contributed by atoms with van der Waals surface area (Å²) in [5.74, 6) is 0.446. The molecule has 0 saturated heterocycles. The van der Waals surface area contributed by atoms with Crippen LogP contribution in [0.15, 0.2) is 47.3 Å². The van der Waals surface area contributed by atoms with Gasteiger partial charge in [0.15, 0.2) is 0 Å². The van der Waals surface area contributed by atoms with E-state index in [-0.39, 0.29) is 17.2 Å². The van der Waals surface area contributed by atoms with Crippen molar-refractivity contribution in [2.24, 2.45) is 0 Å². The van der Waals surface area contributed by atoms with Crippen molar-refractivity contribution in [3.63, 3.8) is 0 Å². The van der Waals surface area contributed by atoms with Crippen LogP contribution in [0.5, 0.6) is 5.75 Å². The summed E-state index contributed by atoms with van der Waals surface area (Å²) in [7, 11) is 0. The van der Waals surface area contributed by atoms with Crippen LogP contribution in [0, 0.1) is 0 Å². The Morgan fingerprint density at radius 3 is 2.74 bits per heavy atom. The number of rotatable bonds is 2. The lowest BCUT2D eigenvalue weighted by Crippen LogP contribution is -2.26. The van der Waals surface area contributed by atoms with E-state index < -0.39 is 0 Å². The number of fused-ring (bicyclic) bond motifs is 2. The number of nitrogens with one attached hydrogen (secondary N) is 1. The summed E-state index contributed by atoms with van der Waals surface area (Å²) in [5.41, 5.74) is 1.24. The topological polar surface area (TPSA) is 84.2 Å². The van der Waals surface area contributed by atoms with Gasteiger partial charge < -0.3 is 10.4 Å². The molecule has 0 unspecified atom stereocenters. The van der Waals surface area contributed by atoms with Crippen LogP contribution in [0.2, 0.25) is 0 Å². The molecule has 1 aliphatic rings. The molecule has 0 fully saturated rings. The Morgan fingerprint density at radius 2 is 1.89 bits per heavy atom. The monoisotopic (exact) mass is 363 g/mol. The van der Waals surface area contributed by atoms with Gasteiger partial charge in [-0.05, 0) is 43.2 Å². The van der Waals surface area contributed by atoms with E-state index in [1.165, 1.54) is 6.07 Å². The number of benzene rings is 2. The van der Waals surface area contributed by atoms with Crippen LogP contribution in [0.4, 0.5) is 5.69 Å². The predicted molar refractivity (Wildman–Crippen MR) is 104 cm³/mol. The van der Waals surface area contributed by atoms with Crippen molar-refractivity contribution < 1.29 is 9.90 Å². The van der Waals surface area contributed by atoms with Crippen molar-refractivity contribution in [3.05, 3.63) is 64.2 Å². The first kappa shape index (κ1) is 17.3. The van der Waals surface area contributed by atoms with Gasteiger partial charge in [0.2, 0.25) is 0 Å². The third-order valence-corrected chi connectivity index (χ3v) is 4.98. The quantitative estimate of drug-likeness (QED) is 0.683. The third-order valence-electron chi connectivity index (χ3n) is 4.98. The molecule has 1 amide bonds. The van der Waals surface area contributed by atoms with E-state index >= 15 is 0 Å². The average molecular weight is 363 g/mol. The Morgan fingerprint density at radius 1 is 1.07 bits per heavy atom. The molecule has 138 valence electrons. The number of hydrogen-bond donors (Lipinski definition) is 2. The molecule has 0 bridgehead atoms. The third kappa shape index (κ3) is 3.43. The molecule has 2 N–H and O–H groups in total. The summed E-state index contributed by atoms with van der Waals surface area (Å²) >= 11 is 0. The number of aryl methyl sites for hydroxylation is 1. The van der Waals surface area contributed by atoms with Crippen molar-refractivity contribution in [2.45, 2.75) is 38.6 Å². The summed E-state index contributed by atoms with van der Waals surface area (Å²) in [6.45, 7) is 0.701. The number of carbonyl (C=O) groups excluding carboxylic acids is 1. The van der Waals surface area contributed by atoms with Gasteiger partial charge in [0.05, 0.1) is 16.6 Å². The van der Waals surface area contributed by atoms with E-state index in [1.807, 2.05) is 0 Å². The van der Waals surface area contributed by atoms with E-state index in [0.717, 1.165) is 37.9 Å². The van der Waals surface area contributed by atoms with Crippen LogP contribution in [0.3, 0.4) is 0 Å². The van der Waals surface area contributed by atoms with Gasteiger partial charge in [-0.3, -0.25) is 14.2 Å². The second-order valence-electron chi connectivity index (χ2n) is 6.85. The van der Waals surface area contributed by atoms with Crippen LogP contribution in [0.25, 0.3) is 10.9 Å². The van der Waals surface area contributed by atoms with Gasteiger partial charge >= 0.3 is 0 Å². The Balaban J connectivity index is 1.71. The molecule has 0 radical (unpaired) electrons. The highest BCUT2D eigenvalue weighted by atomic mass is 16.3. The zero-order chi connectivity index (χ0) is 18.8. The minimum Gasteiger partial charge on any atom is -0.506 e. The highest BCUT2D eigenvalue weighted by Crippen LogP contribution is 2.23. The molecule has 1 aliphatic heterocycles. The standard InChI is InChI=1S/C21H21N3O3/c25-18-8-5-4-7-16(18)23-20(26)14-10-11-15-17(13-14)22-19-9-3-1-2-6-12-24(19)21(15)27/h4-5,7-8,10-11,13,25H,1-3,6,9,12H2,(H,23,26). The molecule has 0 atom stereocenters. The summed E-state index contributed by atoms with van der Waals surface area (Å²) in [4.78, 5) is 30.1. The van der Waals surface area contributed by atoms with Gasteiger partial charge in [-0.2, -0.15) is 0 Å². The Kier molecular flexibility index (Phi) is 4.62. The van der Waals surface area contributed by atoms with Crippen molar-refractivity contribution in [1.29, 1.82) is 0 Å². The first-order valence-corrected chi connectivity index (χ1v) is 9.26. The number of anilines is 1. The summed E-state index contributed by atoms with van der Waals surface area (Å²) in [6.07, 6.45) is 5.07. The maximum atomic E-state index is 12.8. The molecule has 4 rings (SSSR count). The van der Waals surface area contributed by atoms with Crippen molar-refractivity contribution in [3.8, 4) is 5.75 Å². The zero-order valence-corrected chi connectivity index (χ0v) is 14.9. The van der Waals surface area contributed by atoms with Gasteiger partial charge in [-0.15, -0.1) is 0 Å². The normalized spacial score (nSPS) is 14.2. The minimum absolute atomic E-state index is 0.00407. The number of nitrogens with zero attached hydrogens (tertiary/aromatic N) is 2. The fourth-order valence-electron chi connectivity index (χ4n) is 3.51. The second-order valence-corrected chi connectivity index (χ2v) is 6.85. The van der Waals surface area contributed by atoms with E-state index in [2.05, 4.69) is 10.3 Å². The number of aromatic hydroxyl groups is 1. The SMILES string of the molecule is O=C(Nc1ccccc1O)c1ccc2c(=O)n3c(nc2c1)CCCCCC3. The van der Waals surface area contributed by atoms with E-state index in [4.69, 9.17) is 0 Å². The van der Waals surface area contributed by atoms with Crippen LogP contribution in [-0.2, 0) is 13.0 Å². The molecule has 6 heteroatoms. The molecule has 27 heavy (non-hydrogen) atoms. The van der Waals surface area contributed by atoms with Gasteiger partial charge in [0.1, 0.15) is 11.6 Å². The van der Waals surface area contributed by atoms with E-state index in [9.17, 15) is 14.7 Å². The molecule has 2 heterocycles. The average Bonchev–Trinajstić information content (AvgIpc) is 2.65. The smallest absolute Gasteiger partial charge is 0.261 e. The predicted octanol–water partition coefficient (Wildman–Crippen LogP) is 3.47. The van der Waals surface area contributed by atoms with Crippen molar-refractivity contribution in [1.82, 2.24) is 9.55 Å². The van der Waals surface area contributed by atoms with Crippen LogP contribution >= 0.6 is 0 Å². The summed E-state index contributed by atoms with van der Waals surface area (Å²) in [6, 6.07) is 11.5. The van der Waals surface area contributed by atoms with Crippen molar-refractivity contribution >= 4 is 22.5 Å². The highest BCUT2D eigenvalue weighted by molar-refractivity contribution is 6.06. The number of aromatic nitrogens is 2. The van der Waals surface area contributed by atoms with Gasteiger partial charge in [0.25, 0.3) is 11.5 Å². The molecule has 3 aromatic rings. The summed E-state index contributed by atoms with van der Waals surface area (Å²) in [5, 5.41) is 13.0. The Labute approximate surface area is 156 Å². The van der Waals surface area contributed by atoms with Crippen molar-refractivity contribution in [2.75, 3.05) is 5.32 Å². The minimum atomic E-state index is -0.355. The molecule has 2 aromatic carbocycles. The number of hydrogen-bond acceptors (Lipinski definition) is 4. The molecule has 6 nitrogen and oxygen atoms in total. The molecule has 0 spiro atoms. The van der Waals surface area contributed by atoms with E-state index in [0.29, 0.717) is 28.7 Å². The fraction of sp³-hybridized carbons (Fsp3) is 0.286. The number of phenolic OH excluding ortho intramolecular Hbond substituents is 1. The largest absolute Gasteiger partial charge is 0.506 e. The lowest BCUT2D eigenvalue weighted by atomic mass is 10.1. The van der Waals surface area contributed by atoms with E-state index in [1.54, 1.807) is 41.0 Å². The van der Waals surface area contributed by atoms with Crippen LogP contribution < -0.4 is 10.9 Å². The Hall–Kier alpha value is -3.15. The number of carbonyl (C=O) groups is 1. The lowest BCUT2D eigenvalue weighted by molar-refractivity contribution is 0.102. The van der Waals surface area contributed by atoms with Gasteiger partial charge in [0, 0.05) is 18.5 Å². The van der Waals surface area contributed by atoms with Crippen LogP contribution in [0.1, 0.15) is 41.9 Å². The first-order chi connectivity index (χ1) is 13.1.